The van der Waals surface area contributed by atoms with Crippen LogP contribution < -0.4 is 0 Å². The molecule has 14 heavy (non-hydrogen) atoms. The highest BCUT2D eigenvalue weighted by Crippen LogP contribution is 2.05. The summed E-state index contributed by atoms with van der Waals surface area (Å²) in [7, 11) is 0. The molecule has 3 nitrogen and oxygen atoms in total. The smallest absolute Gasteiger partial charge is 0.339 e. The van der Waals surface area contributed by atoms with Crippen molar-refractivity contribution >= 4 is 12.0 Å². The second kappa shape index (κ2) is 5.00. The molecule has 1 rings (SSSR count). The number of aromatic nitrogens is 1. The van der Waals surface area contributed by atoms with Gasteiger partial charge in [-0.3, -0.25) is 4.98 Å². The average Bonchev–Trinajstić information content (AvgIpc) is 2.19. The van der Waals surface area contributed by atoms with Crippen molar-refractivity contribution in [3.05, 3.63) is 41.9 Å². The van der Waals surface area contributed by atoms with Gasteiger partial charge in [0.25, 0.3) is 0 Å². The van der Waals surface area contributed by atoms with Gasteiger partial charge in [0.05, 0.1) is 12.2 Å². The van der Waals surface area contributed by atoms with Gasteiger partial charge < -0.3 is 4.74 Å². The third kappa shape index (κ3) is 2.57. The quantitative estimate of drug-likeness (QED) is 0.539. The summed E-state index contributed by atoms with van der Waals surface area (Å²) in [6.07, 6.45) is 4.75. The first-order valence-corrected chi connectivity index (χ1v) is 4.26. The van der Waals surface area contributed by atoms with Gasteiger partial charge in [-0.25, -0.2) is 4.79 Å². The summed E-state index contributed by atoms with van der Waals surface area (Å²) < 4.78 is 4.83. The van der Waals surface area contributed by atoms with E-state index in [2.05, 4.69) is 17.3 Å². The second-order valence-electron chi connectivity index (χ2n) is 2.58. The van der Waals surface area contributed by atoms with Crippen LogP contribution in [0.1, 0.15) is 22.8 Å². The maximum absolute atomic E-state index is 11.3. The first kappa shape index (κ1) is 10.2. The third-order valence-corrected chi connectivity index (χ3v) is 1.54. The largest absolute Gasteiger partial charge is 0.462 e. The van der Waals surface area contributed by atoms with E-state index >= 15 is 0 Å². The molecule has 1 aromatic heterocycles. The number of carbonyl (C=O) groups excluding carboxylic acids is 1. The highest BCUT2D eigenvalue weighted by atomic mass is 16.5. The number of nitrogens with zero attached hydrogens (tertiary/aromatic N) is 1. The van der Waals surface area contributed by atoms with Crippen molar-refractivity contribution in [2.24, 2.45) is 0 Å². The van der Waals surface area contributed by atoms with Gasteiger partial charge in [0.2, 0.25) is 0 Å². The minimum Gasteiger partial charge on any atom is -0.462 e. The van der Waals surface area contributed by atoms with Gasteiger partial charge in [-0.15, -0.1) is 5.73 Å². The van der Waals surface area contributed by atoms with Gasteiger partial charge in [-0.05, 0) is 19.1 Å². The lowest BCUT2D eigenvalue weighted by molar-refractivity contribution is 0.0526. The molecule has 1 aromatic rings. The molecule has 0 radical (unpaired) electrons. The monoisotopic (exact) mass is 189 g/mol. The van der Waals surface area contributed by atoms with E-state index in [0.717, 1.165) is 5.56 Å². The van der Waals surface area contributed by atoms with Crippen LogP contribution >= 0.6 is 0 Å². The number of carbonyl (C=O) groups is 1. The van der Waals surface area contributed by atoms with Crippen molar-refractivity contribution in [1.82, 2.24) is 4.98 Å². The van der Waals surface area contributed by atoms with Crippen LogP contribution in [0.4, 0.5) is 0 Å². The van der Waals surface area contributed by atoms with Crippen LogP contribution in [0.25, 0.3) is 6.08 Å². The Labute approximate surface area is 82.7 Å². The minimum atomic E-state index is -0.362. The lowest BCUT2D eigenvalue weighted by Crippen LogP contribution is -2.05. The zero-order valence-corrected chi connectivity index (χ0v) is 7.99. The molecule has 0 aromatic carbocycles. The molecule has 3 heteroatoms. The Hall–Kier alpha value is -1.86. The van der Waals surface area contributed by atoms with Crippen LogP contribution in [-0.2, 0) is 4.74 Å². The number of rotatable bonds is 3. The summed E-state index contributed by atoms with van der Waals surface area (Å²) in [5, 5.41) is 0. The first-order valence-electron chi connectivity index (χ1n) is 4.26. The third-order valence-electron chi connectivity index (χ3n) is 1.54. The van der Waals surface area contributed by atoms with Gasteiger partial charge in [0.1, 0.15) is 0 Å². The van der Waals surface area contributed by atoms with Crippen LogP contribution in [0.15, 0.2) is 30.8 Å². The Morgan fingerprint density at radius 3 is 3.14 bits per heavy atom. The molecule has 0 unspecified atom stereocenters. The molecule has 0 N–H and O–H groups in total. The van der Waals surface area contributed by atoms with Crippen molar-refractivity contribution in [1.29, 1.82) is 0 Å². The van der Waals surface area contributed by atoms with Crippen LogP contribution in [-0.4, -0.2) is 17.6 Å². The molecule has 0 amide bonds. The van der Waals surface area contributed by atoms with E-state index in [9.17, 15) is 4.79 Å². The van der Waals surface area contributed by atoms with Gasteiger partial charge in [0, 0.05) is 18.0 Å². The summed E-state index contributed by atoms with van der Waals surface area (Å²) in [6, 6.07) is 1.68. The normalized spacial score (nSPS) is 8.93. The zero-order valence-electron chi connectivity index (χ0n) is 7.99. The predicted octanol–water partition coefficient (Wildman–Crippen LogP) is 2.06. The molecule has 1 heterocycles. The van der Waals surface area contributed by atoms with Crippen LogP contribution in [0.2, 0.25) is 0 Å². The van der Waals surface area contributed by atoms with E-state index in [1.54, 1.807) is 25.3 Å². The molecule has 0 aliphatic heterocycles. The number of hydrogen-bond acceptors (Lipinski definition) is 3. The van der Waals surface area contributed by atoms with Crippen LogP contribution in [0.3, 0.4) is 0 Å². The molecule has 0 fully saturated rings. The number of ether oxygens (including phenoxy) is 1. The summed E-state index contributed by atoms with van der Waals surface area (Å²) in [6.45, 7) is 5.57. The Bertz CT molecular complexity index is 379. The number of hydrogen-bond donors (Lipinski definition) is 0. The SMILES string of the molecule is C=C=Cc1cncc(C(=O)OCC)c1. The van der Waals surface area contributed by atoms with Crippen molar-refractivity contribution in [2.75, 3.05) is 6.61 Å². The molecule has 0 saturated heterocycles. The number of pyridine rings is 1. The molecule has 0 atom stereocenters. The Morgan fingerprint density at radius 2 is 2.50 bits per heavy atom. The fourth-order valence-electron chi connectivity index (χ4n) is 0.981. The summed E-state index contributed by atoms with van der Waals surface area (Å²) in [5.41, 5.74) is 3.84. The van der Waals surface area contributed by atoms with E-state index in [4.69, 9.17) is 4.74 Å². The molecular formula is C11H11NO2. The van der Waals surface area contributed by atoms with Crippen molar-refractivity contribution in [3.63, 3.8) is 0 Å². The molecule has 0 spiro atoms. The molecule has 0 bridgehead atoms. The fraction of sp³-hybridized carbons (Fsp3) is 0.182. The predicted molar refractivity (Wildman–Crippen MR) is 53.8 cm³/mol. The van der Waals surface area contributed by atoms with E-state index in [0.29, 0.717) is 12.2 Å². The van der Waals surface area contributed by atoms with E-state index < -0.39 is 0 Å². The van der Waals surface area contributed by atoms with Crippen LogP contribution in [0.5, 0.6) is 0 Å². The molecule has 72 valence electrons. The Kier molecular flexibility index (Phi) is 3.65. The summed E-state index contributed by atoms with van der Waals surface area (Å²) >= 11 is 0. The highest BCUT2D eigenvalue weighted by Gasteiger charge is 2.05. The van der Waals surface area contributed by atoms with Crippen molar-refractivity contribution < 1.29 is 9.53 Å². The van der Waals surface area contributed by atoms with Crippen LogP contribution in [0, 0.1) is 0 Å². The molecule has 0 aliphatic rings. The van der Waals surface area contributed by atoms with Gasteiger partial charge >= 0.3 is 5.97 Å². The second-order valence-corrected chi connectivity index (χ2v) is 2.58. The maximum atomic E-state index is 11.3. The van der Waals surface area contributed by atoms with Crippen molar-refractivity contribution in [3.8, 4) is 0 Å². The van der Waals surface area contributed by atoms with Gasteiger partial charge in [-0.2, -0.15) is 0 Å². The average molecular weight is 189 g/mol. The lowest BCUT2D eigenvalue weighted by Gasteiger charge is -2.01. The van der Waals surface area contributed by atoms with E-state index in [-0.39, 0.29) is 5.97 Å². The molecular weight excluding hydrogens is 178 g/mol. The minimum absolute atomic E-state index is 0.361. The van der Waals surface area contributed by atoms with Gasteiger partial charge in [-0.1, -0.05) is 6.58 Å². The standard InChI is InChI=1S/C11H11NO2/c1-3-5-9-6-10(8-12-7-9)11(13)14-4-2/h5-8H,1,4H2,2H3. The highest BCUT2D eigenvalue weighted by molar-refractivity contribution is 5.89. The maximum Gasteiger partial charge on any atom is 0.339 e. The molecule has 0 aliphatic carbocycles. The summed E-state index contributed by atoms with van der Waals surface area (Å²) in [4.78, 5) is 15.2. The Morgan fingerprint density at radius 1 is 1.71 bits per heavy atom. The Balaban J connectivity index is 2.93. The number of esters is 1. The lowest BCUT2D eigenvalue weighted by atomic mass is 10.2. The topological polar surface area (TPSA) is 39.2 Å². The molecule has 0 saturated carbocycles. The van der Waals surface area contributed by atoms with E-state index in [1.165, 1.54) is 6.20 Å². The fourth-order valence-corrected chi connectivity index (χ4v) is 0.981. The van der Waals surface area contributed by atoms with Crippen molar-refractivity contribution in [2.45, 2.75) is 6.92 Å². The van der Waals surface area contributed by atoms with Gasteiger partial charge in [0.15, 0.2) is 0 Å². The first-order chi connectivity index (χ1) is 6.77. The zero-order chi connectivity index (χ0) is 10.4. The van der Waals surface area contributed by atoms with E-state index in [1.807, 2.05) is 0 Å². The summed E-state index contributed by atoms with van der Waals surface area (Å²) in [5.74, 6) is -0.362.